The number of benzene rings is 2. The van der Waals surface area contributed by atoms with Gasteiger partial charge in [0.2, 0.25) is 0 Å². The van der Waals surface area contributed by atoms with E-state index in [0.29, 0.717) is 35.5 Å². The van der Waals surface area contributed by atoms with Gasteiger partial charge in [0.25, 0.3) is 5.91 Å². The summed E-state index contributed by atoms with van der Waals surface area (Å²) in [5.41, 5.74) is 3.13. The molecule has 2 aromatic carbocycles. The summed E-state index contributed by atoms with van der Waals surface area (Å²) in [6, 6.07) is 11.0. The van der Waals surface area contributed by atoms with Gasteiger partial charge in [-0.15, -0.1) is 24.5 Å². The van der Waals surface area contributed by atoms with Gasteiger partial charge in [-0.25, -0.2) is 4.98 Å². The highest BCUT2D eigenvalue weighted by Crippen LogP contribution is 2.34. The Labute approximate surface area is 192 Å². The summed E-state index contributed by atoms with van der Waals surface area (Å²) in [6.07, 6.45) is -2.52. The van der Waals surface area contributed by atoms with E-state index in [1.807, 2.05) is 13.0 Å². The number of piperidine rings is 1. The molecule has 1 aliphatic heterocycles. The van der Waals surface area contributed by atoms with Crippen LogP contribution >= 0.6 is 11.3 Å². The Morgan fingerprint density at radius 1 is 1.15 bits per heavy atom. The zero-order chi connectivity index (χ0) is 23.6. The van der Waals surface area contributed by atoms with Crippen molar-refractivity contribution < 1.29 is 27.5 Å². The fourth-order valence-electron chi connectivity index (χ4n) is 4.09. The molecule has 172 valence electrons. The second kappa shape index (κ2) is 9.35. The van der Waals surface area contributed by atoms with E-state index < -0.39 is 6.36 Å². The van der Waals surface area contributed by atoms with Gasteiger partial charge in [0.15, 0.2) is 6.29 Å². The van der Waals surface area contributed by atoms with Crippen LogP contribution in [0.4, 0.5) is 13.2 Å². The molecular formula is C24H21F3N2O3S. The van der Waals surface area contributed by atoms with Crippen LogP contribution in [0, 0.1) is 6.92 Å². The molecule has 0 saturated carbocycles. The van der Waals surface area contributed by atoms with Gasteiger partial charge < -0.3 is 9.64 Å². The molecule has 0 aliphatic carbocycles. The lowest BCUT2D eigenvalue weighted by molar-refractivity contribution is -0.274. The number of alkyl halides is 3. The molecule has 1 amide bonds. The van der Waals surface area contributed by atoms with Crippen LogP contribution in [0.15, 0.2) is 47.8 Å². The molecule has 1 aliphatic rings. The molecule has 9 heteroatoms. The van der Waals surface area contributed by atoms with Crippen molar-refractivity contribution in [3.05, 3.63) is 69.7 Å². The third kappa shape index (κ3) is 5.24. The monoisotopic (exact) mass is 474 g/mol. The molecule has 1 aromatic heterocycles. The van der Waals surface area contributed by atoms with Crippen LogP contribution < -0.4 is 4.74 Å². The standard InChI is InChI=1S/C24H21F3N2O3S/c1-15-3-2-4-20(21(15)16-5-7-19(8-6-16)32-24(25,26)27)23(31)29-11-9-17(10-12-29)22-28-18(13-30)14-33-22/h2-8,13-14,17H,9-12H2,1H3. The van der Waals surface area contributed by atoms with Crippen LogP contribution in [-0.4, -0.2) is 41.5 Å². The molecule has 0 spiro atoms. The third-order valence-electron chi connectivity index (χ3n) is 5.67. The Hall–Kier alpha value is -3.20. The highest BCUT2D eigenvalue weighted by molar-refractivity contribution is 7.09. The number of ether oxygens (including phenoxy) is 1. The van der Waals surface area contributed by atoms with E-state index in [2.05, 4.69) is 9.72 Å². The van der Waals surface area contributed by atoms with Crippen molar-refractivity contribution in [1.29, 1.82) is 0 Å². The minimum absolute atomic E-state index is 0.115. The molecule has 0 bridgehead atoms. The third-order valence-corrected chi connectivity index (χ3v) is 6.70. The van der Waals surface area contributed by atoms with Crippen LogP contribution in [0.1, 0.15) is 50.2 Å². The minimum Gasteiger partial charge on any atom is -0.406 e. The highest BCUT2D eigenvalue weighted by Gasteiger charge is 2.31. The predicted octanol–water partition coefficient (Wildman–Crippen LogP) is 5.85. The Morgan fingerprint density at radius 3 is 2.45 bits per heavy atom. The number of amides is 1. The molecule has 2 heterocycles. The SMILES string of the molecule is Cc1cccc(C(=O)N2CCC(c3nc(C=O)cs3)CC2)c1-c1ccc(OC(F)(F)F)cc1. The first-order chi connectivity index (χ1) is 15.7. The van der Waals surface area contributed by atoms with Crippen LogP contribution in [0.5, 0.6) is 5.75 Å². The molecule has 0 N–H and O–H groups in total. The first-order valence-electron chi connectivity index (χ1n) is 10.4. The maximum atomic E-state index is 13.4. The molecule has 0 radical (unpaired) electrons. The summed E-state index contributed by atoms with van der Waals surface area (Å²) in [5, 5.41) is 2.66. The lowest BCUT2D eigenvalue weighted by atomic mass is 9.92. The van der Waals surface area contributed by atoms with Crippen LogP contribution in [0.25, 0.3) is 11.1 Å². The number of aldehydes is 1. The Morgan fingerprint density at radius 2 is 1.85 bits per heavy atom. The van der Waals surface area contributed by atoms with Gasteiger partial charge in [-0.05, 0) is 54.7 Å². The summed E-state index contributed by atoms with van der Waals surface area (Å²) in [4.78, 5) is 30.4. The van der Waals surface area contributed by atoms with E-state index in [0.717, 1.165) is 29.7 Å². The van der Waals surface area contributed by atoms with E-state index in [9.17, 15) is 22.8 Å². The van der Waals surface area contributed by atoms with Crippen molar-refractivity contribution in [1.82, 2.24) is 9.88 Å². The van der Waals surface area contributed by atoms with E-state index >= 15 is 0 Å². The largest absolute Gasteiger partial charge is 0.573 e. The number of carbonyl (C=O) groups is 2. The van der Waals surface area contributed by atoms with Crippen LogP contribution in [-0.2, 0) is 0 Å². The van der Waals surface area contributed by atoms with Gasteiger partial charge in [-0.3, -0.25) is 9.59 Å². The normalized spacial score (nSPS) is 14.8. The molecular weight excluding hydrogens is 453 g/mol. The van der Waals surface area contributed by atoms with Gasteiger partial charge in [-0.2, -0.15) is 0 Å². The first-order valence-corrected chi connectivity index (χ1v) is 11.3. The number of rotatable bonds is 5. The maximum absolute atomic E-state index is 13.4. The fraction of sp³-hybridized carbons (Fsp3) is 0.292. The van der Waals surface area contributed by atoms with Crippen LogP contribution in [0.2, 0.25) is 0 Å². The van der Waals surface area contributed by atoms with E-state index in [1.165, 1.54) is 35.6 Å². The fourth-order valence-corrected chi connectivity index (χ4v) is 5.03. The van der Waals surface area contributed by atoms with E-state index in [-0.39, 0.29) is 17.6 Å². The highest BCUT2D eigenvalue weighted by atomic mass is 32.1. The summed E-state index contributed by atoms with van der Waals surface area (Å²) >= 11 is 1.47. The molecule has 5 nitrogen and oxygen atoms in total. The predicted molar refractivity (Wildman–Crippen MR) is 119 cm³/mol. The molecule has 1 saturated heterocycles. The zero-order valence-corrected chi connectivity index (χ0v) is 18.6. The topological polar surface area (TPSA) is 59.5 Å². The molecule has 3 aromatic rings. The Bertz CT molecular complexity index is 1150. The number of thiazole rings is 1. The van der Waals surface area contributed by atoms with Gasteiger partial charge in [0.1, 0.15) is 11.4 Å². The van der Waals surface area contributed by atoms with Crippen molar-refractivity contribution >= 4 is 23.5 Å². The quantitative estimate of drug-likeness (QED) is 0.436. The second-order valence-electron chi connectivity index (χ2n) is 7.86. The molecule has 33 heavy (non-hydrogen) atoms. The van der Waals surface area contributed by atoms with Gasteiger partial charge in [0.05, 0.1) is 5.01 Å². The lowest BCUT2D eigenvalue weighted by Gasteiger charge is -2.32. The average Bonchev–Trinajstić information content (AvgIpc) is 3.28. The van der Waals surface area contributed by atoms with Crippen molar-refractivity contribution in [2.75, 3.05) is 13.1 Å². The molecule has 4 rings (SSSR count). The maximum Gasteiger partial charge on any atom is 0.573 e. The van der Waals surface area contributed by atoms with E-state index in [4.69, 9.17) is 0 Å². The van der Waals surface area contributed by atoms with E-state index in [1.54, 1.807) is 22.4 Å². The van der Waals surface area contributed by atoms with Crippen molar-refractivity contribution in [2.45, 2.75) is 32.0 Å². The number of aromatic nitrogens is 1. The van der Waals surface area contributed by atoms with Gasteiger partial charge >= 0.3 is 6.36 Å². The number of halogens is 3. The first kappa shape index (κ1) is 23.0. The summed E-state index contributed by atoms with van der Waals surface area (Å²) in [7, 11) is 0. The summed E-state index contributed by atoms with van der Waals surface area (Å²) < 4.78 is 41.4. The average molecular weight is 475 g/mol. The molecule has 0 atom stereocenters. The number of likely N-dealkylation sites (tertiary alicyclic amines) is 1. The lowest BCUT2D eigenvalue weighted by Crippen LogP contribution is -2.38. The second-order valence-corrected chi connectivity index (χ2v) is 8.75. The van der Waals surface area contributed by atoms with Crippen molar-refractivity contribution in [2.24, 2.45) is 0 Å². The zero-order valence-electron chi connectivity index (χ0n) is 17.8. The Balaban J connectivity index is 1.52. The minimum atomic E-state index is -4.76. The summed E-state index contributed by atoms with van der Waals surface area (Å²) in [5.74, 6) is -0.212. The Kier molecular flexibility index (Phi) is 6.51. The molecule has 0 unspecified atom stereocenters. The number of carbonyl (C=O) groups excluding carboxylic acids is 2. The van der Waals surface area contributed by atoms with Crippen molar-refractivity contribution in [3.8, 4) is 16.9 Å². The van der Waals surface area contributed by atoms with Crippen LogP contribution in [0.3, 0.4) is 0 Å². The molecule has 1 fully saturated rings. The van der Waals surface area contributed by atoms with Gasteiger partial charge in [0, 0.05) is 30.0 Å². The summed E-state index contributed by atoms with van der Waals surface area (Å²) in [6.45, 7) is 2.99. The number of nitrogens with zero attached hydrogens (tertiary/aromatic N) is 2. The smallest absolute Gasteiger partial charge is 0.406 e. The van der Waals surface area contributed by atoms with Crippen molar-refractivity contribution in [3.63, 3.8) is 0 Å². The number of aryl methyl sites for hydroxylation is 1. The number of hydrogen-bond donors (Lipinski definition) is 0. The van der Waals surface area contributed by atoms with Gasteiger partial charge in [-0.1, -0.05) is 24.3 Å². The number of hydrogen-bond acceptors (Lipinski definition) is 5.